The quantitative estimate of drug-likeness (QED) is 0.0859. The zero-order chi connectivity index (χ0) is 83.9. The second-order valence-electron chi connectivity index (χ2n) is 33.5. The SMILES string of the molecule is CC(C)c1ccc2c(c1)CCC2.CC(C)c1ccc2c(c1)CCCO2.CC(C)c1ccc2c(c1)CNC2.CC(C)c1ccc2c(c1)COCN2.CC(C)c1ccc2c(c1)OCCO2.CC(C)c1cn[nH]c1.CC(C)c1cnc2ccccc2c1.CC(C)c1cnc2n[nH]nc2c1.CC(C)c1cnc2nc[nH]c2c1.CC(C)c1cncnc1. The van der Waals surface area contributed by atoms with Crippen LogP contribution in [-0.2, 0) is 43.7 Å². The molecule has 4 aliphatic heterocycles. The van der Waals surface area contributed by atoms with Crippen molar-refractivity contribution in [1.29, 1.82) is 0 Å². The third kappa shape index (κ3) is 28.0. The summed E-state index contributed by atoms with van der Waals surface area (Å²) in [5.74, 6) is 8.60. The van der Waals surface area contributed by atoms with Gasteiger partial charge in [0, 0.05) is 66.9 Å². The molecule has 7 aromatic heterocycles. The highest BCUT2D eigenvalue weighted by atomic mass is 16.6. The van der Waals surface area contributed by atoms with E-state index in [0.29, 0.717) is 84.8 Å². The minimum absolute atomic E-state index is 0.485. The van der Waals surface area contributed by atoms with Gasteiger partial charge in [-0.05, 0) is 223 Å². The van der Waals surface area contributed by atoms with E-state index in [9.17, 15) is 0 Å². The highest BCUT2D eigenvalue weighted by Gasteiger charge is 2.17. The van der Waals surface area contributed by atoms with E-state index in [1.54, 1.807) is 23.8 Å². The van der Waals surface area contributed by atoms with Crippen LogP contribution in [0.25, 0.3) is 33.2 Å². The smallest absolute Gasteiger partial charge is 0.201 e. The molecule has 0 unspecified atom stereocenters. The lowest BCUT2D eigenvalue weighted by atomic mass is 9.97. The van der Waals surface area contributed by atoms with Crippen LogP contribution in [0.5, 0.6) is 17.2 Å². The molecule has 0 fully saturated rings. The Morgan fingerprint density at radius 1 is 0.359 bits per heavy atom. The lowest BCUT2D eigenvalue weighted by Crippen LogP contribution is -2.15. The summed E-state index contributed by atoms with van der Waals surface area (Å²) >= 11 is 0. The number of benzene rings is 6. The summed E-state index contributed by atoms with van der Waals surface area (Å²) < 4.78 is 21.8. The Labute approximate surface area is 696 Å². The van der Waals surface area contributed by atoms with Crippen LogP contribution in [0.4, 0.5) is 5.69 Å². The number of para-hydroxylation sites is 1. The summed E-state index contributed by atoms with van der Waals surface area (Å²) in [6.07, 6.45) is 22.7. The van der Waals surface area contributed by atoms with Crippen molar-refractivity contribution in [2.24, 2.45) is 0 Å². The first-order valence-corrected chi connectivity index (χ1v) is 42.4. The van der Waals surface area contributed by atoms with Crippen molar-refractivity contribution in [3.05, 3.63) is 279 Å². The number of nitrogens with zero attached hydrogens (tertiary/aromatic N) is 9. The number of aromatic amines is 3. The van der Waals surface area contributed by atoms with Gasteiger partial charge in [0.1, 0.15) is 37.5 Å². The van der Waals surface area contributed by atoms with E-state index in [1.165, 1.54) is 115 Å². The highest BCUT2D eigenvalue weighted by Crippen LogP contribution is 2.34. The van der Waals surface area contributed by atoms with Gasteiger partial charge in [-0.3, -0.25) is 10.1 Å². The minimum atomic E-state index is 0.485. The van der Waals surface area contributed by atoms with Crippen LogP contribution < -0.4 is 24.8 Å². The second-order valence-corrected chi connectivity index (χ2v) is 33.5. The molecule has 0 saturated carbocycles. The molecule has 18 rings (SSSR count). The Hall–Kier alpha value is -10.7. The predicted molar refractivity (Wildman–Crippen MR) is 482 cm³/mol. The molecule has 0 radical (unpaired) electrons. The van der Waals surface area contributed by atoms with Crippen LogP contribution in [0.3, 0.4) is 0 Å². The van der Waals surface area contributed by atoms with Gasteiger partial charge in [-0.2, -0.15) is 15.4 Å². The number of imidazole rings is 1. The molecule has 11 heterocycles. The number of aryl methyl sites for hydroxylation is 3. The van der Waals surface area contributed by atoms with Crippen LogP contribution in [0.15, 0.2) is 189 Å². The van der Waals surface area contributed by atoms with Crippen LogP contribution in [-0.4, -0.2) is 87.0 Å². The molecule has 5 N–H and O–H groups in total. The maximum atomic E-state index is 5.56. The monoisotopic (exact) mass is 1580 g/mol. The van der Waals surface area contributed by atoms with Gasteiger partial charge in [-0.1, -0.05) is 223 Å². The maximum Gasteiger partial charge on any atom is 0.201 e. The Kier molecular flexibility index (Phi) is 35.3. The summed E-state index contributed by atoms with van der Waals surface area (Å²) in [6, 6.07) is 47.7. The molecular weight excluding hydrogens is 1450 g/mol. The highest BCUT2D eigenvalue weighted by molar-refractivity contribution is 5.79. The fraction of sp³-hybridized carbons (Fsp3) is 0.424. The number of hydrogen-bond donors (Lipinski definition) is 5. The number of ether oxygens (including phenoxy) is 4. The molecule has 0 spiro atoms. The molecule has 0 amide bonds. The Balaban J connectivity index is 0.000000149. The topological polar surface area (TPSA) is 224 Å². The Morgan fingerprint density at radius 2 is 0.880 bits per heavy atom. The van der Waals surface area contributed by atoms with E-state index in [1.807, 2.05) is 73.7 Å². The molecule has 1 aliphatic carbocycles. The number of rotatable bonds is 10. The van der Waals surface area contributed by atoms with Gasteiger partial charge < -0.3 is 34.6 Å². The Bertz CT molecular complexity index is 4810. The molecule has 18 nitrogen and oxygen atoms in total. The summed E-state index contributed by atoms with van der Waals surface area (Å²) in [5, 5.41) is 24.7. The van der Waals surface area contributed by atoms with E-state index in [-0.39, 0.29) is 0 Å². The number of anilines is 1. The zero-order valence-electron chi connectivity index (χ0n) is 73.3. The molecule has 0 saturated heterocycles. The van der Waals surface area contributed by atoms with Crippen LogP contribution in [0.1, 0.15) is 300 Å². The van der Waals surface area contributed by atoms with Gasteiger partial charge in [0.2, 0.25) is 5.65 Å². The largest absolute Gasteiger partial charge is 0.493 e. The number of nitrogens with one attached hydrogen (secondary N) is 5. The predicted octanol–water partition coefficient (Wildman–Crippen LogP) is 24.2. The van der Waals surface area contributed by atoms with E-state index >= 15 is 0 Å². The van der Waals surface area contributed by atoms with Crippen molar-refractivity contribution in [2.45, 2.75) is 249 Å². The number of aromatic nitrogens is 12. The standard InChI is InChI=1S/C12H13N.C12H16O.C12H16.C11H15NO.C11H15N.C11H14O2.C9H11N3.C8H10N4.C7H10N2.C6H10N2/c1-9(2)11-7-10-5-3-4-6-12(10)13-8-11;1-9(2)10-5-6-12-11(8-10)4-3-7-13-12;1-9(2)11-7-6-10-4-3-5-12(10)8-11;1-8(2)9-3-4-11-10(5-9)6-13-7-12-11;1-8(2)9-3-4-10-6-12-7-11(10)5-9;1-8(2)9-3-4-10-11(7-9)13-6-5-12-10;1-6(2)7-3-8-9(10-4-7)12-5-11-8;1-5(2)6-3-7-8(9-4-6)11-12-10-7;1-6(2)7-3-8-5-9-4-7;1-5(2)6-3-7-8-4-6/h3-9H,1-2H3;5-6,8-9H,3-4,7H2,1-2H3;6-9H,3-5H2,1-2H3;3-5,8,12H,6-7H2,1-2H3;3-5,8,12H,6-7H2,1-2H3;3-4,7-8H,5-6H2,1-2H3;3-6H,1-2H3,(H,10,11,12);3-5H,1-2H3,(H,9,10,11,12);3-6H,1-2H3;3-5H,1-2H3,(H,7,8). The van der Waals surface area contributed by atoms with E-state index in [4.69, 9.17) is 18.9 Å². The van der Waals surface area contributed by atoms with Crippen molar-refractivity contribution < 1.29 is 18.9 Å². The molecule has 18 heteroatoms. The third-order valence-electron chi connectivity index (χ3n) is 21.1. The maximum absolute atomic E-state index is 5.56. The normalized spacial score (nSPS) is 13.2. The third-order valence-corrected chi connectivity index (χ3v) is 21.1. The minimum Gasteiger partial charge on any atom is -0.493 e. The number of hydrogen-bond acceptors (Lipinski definition) is 15. The first kappa shape index (κ1) is 90.2. The van der Waals surface area contributed by atoms with Gasteiger partial charge in [0.15, 0.2) is 17.1 Å². The first-order valence-electron chi connectivity index (χ1n) is 42.4. The van der Waals surface area contributed by atoms with Crippen molar-refractivity contribution in [3.8, 4) is 17.2 Å². The second kappa shape index (κ2) is 45.7. The lowest BCUT2D eigenvalue weighted by molar-refractivity contribution is 0.130. The average molecular weight is 1580 g/mol. The fourth-order valence-corrected chi connectivity index (χ4v) is 13.2. The summed E-state index contributed by atoms with van der Waals surface area (Å²) in [6.45, 7) is 49.4. The summed E-state index contributed by atoms with van der Waals surface area (Å²) in [5.41, 5.74) is 27.7. The van der Waals surface area contributed by atoms with Gasteiger partial charge in [-0.15, -0.1) is 5.10 Å². The number of pyridine rings is 3. The molecule has 13 aromatic rings. The van der Waals surface area contributed by atoms with Crippen molar-refractivity contribution in [1.82, 2.24) is 65.8 Å². The van der Waals surface area contributed by atoms with Crippen LogP contribution in [0.2, 0.25) is 0 Å². The van der Waals surface area contributed by atoms with Gasteiger partial charge >= 0.3 is 0 Å². The molecular formula is C99H130N14O4. The first-order chi connectivity index (χ1) is 56.3. The van der Waals surface area contributed by atoms with Gasteiger partial charge in [-0.25, -0.2) is 24.9 Å². The van der Waals surface area contributed by atoms with Gasteiger partial charge in [0.05, 0.1) is 36.8 Å². The molecule has 0 bridgehead atoms. The van der Waals surface area contributed by atoms with E-state index in [0.717, 1.165) is 72.2 Å². The van der Waals surface area contributed by atoms with E-state index in [2.05, 4.69) is 313 Å². The molecule has 6 aromatic carbocycles. The molecule has 620 valence electrons. The van der Waals surface area contributed by atoms with Crippen molar-refractivity contribution >= 4 is 38.9 Å². The molecule has 117 heavy (non-hydrogen) atoms. The lowest BCUT2D eigenvalue weighted by Gasteiger charge is -2.19. The van der Waals surface area contributed by atoms with Crippen molar-refractivity contribution in [2.75, 3.05) is 31.9 Å². The Morgan fingerprint density at radius 3 is 1.51 bits per heavy atom. The fourth-order valence-electron chi connectivity index (χ4n) is 13.2. The van der Waals surface area contributed by atoms with Crippen molar-refractivity contribution in [3.63, 3.8) is 0 Å². The summed E-state index contributed by atoms with van der Waals surface area (Å²) in [4.78, 5) is 27.7. The van der Waals surface area contributed by atoms with E-state index < -0.39 is 0 Å². The summed E-state index contributed by atoms with van der Waals surface area (Å²) in [7, 11) is 0. The number of H-pyrrole nitrogens is 3. The molecule has 0 atom stereocenters. The van der Waals surface area contributed by atoms with Gasteiger partial charge in [0.25, 0.3) is 0 Å². The number of fused-ring (bicyclic) bond motifs is 8. The van der Waals surface area contributed by atoms with Crippen LogP contribution in [0, 0.1) is 0 Å². The zero-order valence-corrected chi connectivity index (χ0v) is 73.3. The molecule has 5 aliphatic rings. The average Bonchev–Trinajstić information content (AvgIpc) is 1.45. The van der Waals surface area contributed by atoms with Crippen LogP contribution >= 0.6 is 0 Å².